The van der Waals surface area contributed by atoms with Crippen LogP contribution in [0.5, 0.6) is 0 Å². The predicted molar refractivity (Wildman–Crippen MR) is 122 cm³/mol. The van der Waals surface area contributed by atoms with E-state index in [0.29, 0.717) is 26.4 Å². The lowest BCUT2D eigenvalue weighted by molar-refractivity contribution is -0.0885. The van der Waals surface area contributed by atoms with Gasteiger partial charge in [-0.25, -0.2) is 0 Å². The minimum Gasteiger partial charge on any atom is -0.492 e. The van der Waals surface area contributed by atoms with Crippen LogP contribution in [0.2, 0.25) is 0 Å². The maximum atomic E-state index is 5.89. The molecule has 2 aromatic rings. The van der Waals surface area contributed by atoms with E-state index in [-0.39, 0.29) is 11.2 Å². The maximum Gasteiger partial charge on any atom is 0.138 e. The van der Waals surface area contributed by atoms with Crippen molar-refractivity contribution in [1.29, 1.82) is 0 Å². The number of hydrogen-bond acceptors (Lipinski definition) is 6. The molecule has 6 heteroatoms. The van der Waals surface area contributed by atoms with E-state index in [1.54, 1.807) is 25.1 Å². The summed E-state index contributed by atoms with van der Waals surface area (Å²) in [5.41, 5.74) is -0.549. The van der Waals surface area contributed by atoms with Gasteiger partial charge in [0.05, 0.1) is 38.3 Å². The smallest absolute Gasteiger partial charge is 0.138 e. The number of furan rings is 2. The maximum absolute atomic E-state index is 5.89. The summed E-state index contributed by atoms with van der Waals surface area (Å²) in [5.74, 6) is 1.65. The standard InChI is InChI=1S/C16H22O3.C10H10O3/c1-3-7-15(9-5-11-18-15)13-17-14-16(8-4-2)10-6-12-19-16;1-3-9(12-5-1)7-11-8-10-4-2-6-13-10/h3-6,11-12H,1-2,7-10,13-14H2;1-6H,7-8H2. The zero-order chi connectivity index (χ0) is 22.5. The Labute approximate surface area is 189 Å². The molecule has 0 fully saturated rings. The second kappa shape index (κ2) is 12.2. The second-order valence-electron chi connectivity index (χ2n) is 7.88. The van der Waals surface area contributed by atoms with Gasteiger partial charge in [0, 0.05) is 25.7 Å². The highest BCUT2D eigenvalue weighted by molar-refractivity contribution is 5.04. The van der Waals surface area contributed by atoms with Crippen molar-refractivity contribution < 1.29 is 27.8 Å². The van der Waals surface area contributed by atoms with Crippen LogP contribution in [-0.2, 0) is 32.2 Å². The molecule has 4 rings (SSSR count). The van der Waals surface area contributed by atoms with Gasteiger partial charge < -0.3 is 27.8 Å². The van der Waals surface area contributed by atoms with Crippen molar-refractivity contribution in [3.63, 3.8) is 0 Å². The lowest BCUT2D eigenvalue weighted by Crippen LogP contribution is -2.38. The molecular weight excluding hydrogens is 408 g/mol. The minimum atomic E-state index is -0.275. The normalized spacial score (nSPS) is 23.2. The van der Waals surface area contributed by atoms with Gasteiger partial charge in [0.15, 0.2) is 0 Å². The van der Waals surface area contributed by atoms with Gasteiger partial charge in [0.25, 0.3) is 0 Å². The van der Waals surface area contributed by atoms with E-state index in [2.05, 4.69) is 13.2 Å². The Morgan fingerprint density at radius 1 is 0.781 bits per heavy atom. The molecule has 4 heterocycles. The summed E-state index contributed by atoms with van der Waals surface area (Å²) in [4.78, 5) is 0. The third kappa shape index (κ3) is 7.04. The number of ether oxygens (including phenoxy) is 4. The molecule has 0 spiro atoms. The minimum absolute atomic E-state index is 0.275. The highest BCUT2D eigenvalue weighted by Gasteiger charge is 2.36. The van der Waals surface area contributed by atoms with E-state index in [1.165, 1.54) is 0 Å². The van der Waals surface area contributed by atoms with Crippen LogP contribution in [0.3, 0.4) is 0 Å². The van der Waals surface area contributed by atoms with Crippen LogP contribution in [0, 0.1) is 0 Å². The Bertz CT molecular complexity index is 761. The molecule has 0 radical (unpaired) electrons. The third-order valence-corrected chi connectivity index (χ3v) is 5.22. The van der Waals surface area contributed by atoms with Crippen LogP contribution in [0.1, 0.15) is 37.2 Å². The quantitative estimate of drug-likeness (QED) is 0.372. The molecule has 32 heavy (non-hydrogen) atoms. The van der Waals surface area contributed by atoms with E-state index in [1.807, 2.05) is 48.6 Å². The molecular formula is C26H32O6. The largest absolute Gasteiger partial charge is 0.492 e. The van der Waals surface area contributed by atoms with Gasteiger partial charge in [-0.3, -0.25) is 0 Å². The molecule has 0 saturated heterocycles. The monoisotopic (exact) mass is 440 g/mol. The number of hydrogen-bond donors (Lipinski definition) is 0. The molecule has 0 N–H and O–H groups in total. The highest BCUT2D eigenvalue weighted by atomic mass is 16.6. The first kappa shape index (κ1) is 23.7. The lowest BCUT2D eigenvalue weighted by atomic mass is 9.96. The predicted octanol–water partition coefficient (Wildman–Crippen LogP) is 6.09. The molecule has 2 aliphatic heterocycles. The fourth-order valence-corrected chi connectivity index (χ4v) is 3.56. The molecule has 172 valence electrons. The number of rotatable bonds is 12. The Morgan fingerprint density at radius 2 is 1.28 bits per heavy atom. The lowest BCUT2D eigenvalue weighted by Gasteiger charge is -2.31. The van der Waals surface area contributed by atoms with Crippen molar-refractivity contribution >= 4 is 0 Å². The SMILES string of the molecule is C=CCC1(COCC2(CC=C)CC=CO2)CC=CO1.c1coc(COCc2ccco2)c1. The van der Waals surface area contributed by atoms with Crippen molar-refractivity contribution in [3.8, 4) is 0 Å². The fraction of sp³-hybridized carbons (Fsp3) is 0.385. The first-order valence-corrected chi connectivity index (χ1v) is 10.8. The molecule has 0 aromatic carbocycles. The van der Waals surface area contributed by atoms with Crippen LogP contribution in [0.15, 0.2) is 95.6 Å². The van der Waals surface area contributed by atoms with Crippen molar-refractivity contribution in [1.82, 2.24) is 0 Å². The summed E-state index contributed by atoms with van der Waals surface area (Å²) in [6.45, 7) is 9.63. The van der Waals surface area contributed by atoms with Gasteiger partial charge in [0.2, 0.25) is 0 Å². The van der Waals surface area contributed by atoms with Crippen LogP contribution >= 0.6 is 0 Å². The summed E-state index contributed by atoms with van der Waals surface area (Å²) in [6.07, 6.45) is 17.9. The van der Waals surface area contributed by atoms with Crippen LogP contribution in [0.4, 0.5) is 0 Å². The van der Waals surface area contributed by atoms with Gasteiger partial charge in [-0.05, 0) is 36.4 Å². The Kier molecular flexibility index (Phi) is 9.01. The summed E-state index contributed by atoms with van der Waals surface area (Å²) < 4.78 is 32.8. The van der Waals surface area contributed by atoms with Crippen LogP contribution in [-0.4, -0.2) is 24.4 Å². The van der Waals surface area contributed by atoms with Crippen molar-refractivity contribution in [2.45, 2.75) is 50.1 Å². The van der Waals surface area contributed by atoms with Gasteiger partial charge in [0.1, 0.15) is 35.9 Å². The Balaban J connectivity index is 0.000000193. The van der Waals surface area contributed by atoms with E-state index in [9.17, 15) is 0 Å². The van der Waals surface area contributed by atoms with Gasteiger partial charge in [-0.2, -0.15) is 0 Å². The molecule has 2 aliphatic rings. The average molecular weight is 441 g/mol. The van der Waals surface area contributed by atoms with E-state index in [0.717, 1.165) is 37.2 Å². The van der Waals surface area contributed by atoms with E-state index < -0.39 is 0 Å². The first-order chi connectivity index (χ1) is 15.7. The van der Waals surface area contributed by atoms with Gasteiger partial charge in [-0.1, -0.05) is 12.2 Å². The molecule has 6 nitrogen and oxygen atoms in total. The molecule has 0 amide bonds. The van der Waals surface area contributed by atoms with Crippen molar-refractivity contribution in [3.05, 3.63) is 98.3 Å². The first-order valence-electron chi connectivity index (χ1n) is 10.8. The van der Waals surface area contributed by atoms with Gasteiger partial charge in [-0.15, -0.1) is 13.2 Å². The van der Waals surface area contributed by atoms with Crippen molar-refractivity contribution in [2.24, 2.45) is 0 Å². The summed E-state index contributed by atoms with van der Waals surface area (Å²) in [7, 11) is 0. The Hall–Kier alpha value is -2.96. The highest BCUT2D eigenvalue weighted by Crippen LogP contribution is 2.31. The molecule has 0 bridgehead atoms. The summed E-state index contributed by atoms with van der Waals surface area (Å²) in [6, 6.07) is 7.43. The molecule has 2 unspecified atom stereocenters. The molecule has 2 atom stereocenters. The van der Waals surface area contributed by atoms with Crippen LogP contribution in [0.25, 0.3) is 0 Å². The summed E-state index contributed by atoms with van der Waals surface area (Å²) >= 11 is 0. The van der Waals surface area contributed by atoms with Crippen LogP contribution < -0.4 is 0 Å². The zero-order valence-electron chi connectivity index (χ0n) is 18.4. The fourth-order valence-electron chi connectivity index (χ4n) is 3.56. The average Bonchev–Trinajstić information content (AvgIpc) is 3.59. The topological polar surface area (TPSA) is 63.2 Å². The second-order valence-corrected chi connectivity index (χ2v) is 7.88. The Morgan fingerprint density at radius 3 is 1.62 bits per heavy atom. The van der Waals surface area contributed by atoms with Crippen molar-refractivity contribution in [2.75, 3.05) is 13.2 Å². The summed E-state index contributed by atoms with van der Waals surface area (Å²) in [5, 5.41) is 0. The van der Waals surface area contributed by atoms with E-state index >= 15 is 0 Å². The third-order valence-electron chi connectivity index (χ3n) is 5.22. The molecule has 0 saturated carbocycles. The molecule has 2 aromatic heterocycles. The zero-order valence-corrected chi connectivity index (χ0v) is 18.4. The van der Waals surface area contributed by atoms with Gasteiger partial charge >= 0.3 is 0 Å². The molecule has 0 aliphatic carbocycles. The van der Waals surface area contributed by atoms with E-state index in [4.69, 9.17) is 27.8 Å².